The van der Waals surface area contributed by atoms with Crippen molar-refractivity contribution < 1.29 is 19.1 Å². The molecule has 2 rings (SSSR count). The zero-order valence-corrected chi connectivity index (χ0v) is 20.1. The van der Waals surface area contributed by atoms with Crippen LogP contribution in [0.1, 0.15) is 81.8 Å². The highest BCUT2D eigenvalue weighted by Crippen LogP contribution is 2.27. The second-order valence-corrected chi connectivity index (χ2v) is 9.02. The molecule has 0 aliphatic heterocycles. The van der Waals surface area contributed by atoms with Crippen molar-refractivity contribution in [1.29, 1.82) is 0 Å². The Morgan fingerprint density at radius 2 is 1.81 bits per heavy atom. The molecule has 32 heavy (non-hydrogen) atoms. The topological polar surface area (TPSA) is 77.5 Å². The van der Waals surface area contributed by atoms with E-state index in [0.717, 1.165) is 31.2 Å². The Morgan fingerprint density at radius 1 is 1.09 bits per heavy atom. The Hall–Kier alpha value is -2.60. The maximum Gasteiger partial charge on any atom is 0.308 e. The van der Waals surface area contributed by atoms with E-state index in [4.69, 9.17) is 21.1 Å². The number of ether oxygens (including phenoxy) is 2. The third kappa shape index (κ3) is 9.27. The molecule has 7 heteroatoms. The van der Waals surface area contributed by atoms with Crippen molar-refractivity contribution in [2.75, 3.05) is 6.54 Å². The first-order valence-electron chi connectivity index (χ1n) is 11.1. The molecule has 1 amide bonds. The van der Waals surface area contributed by atoms with Gasteiger partial charge < -0.3 is 14.8 Å². The quantitative estimate of drug-likeness (QED) is 0.256. The van der Waals surface area contributed by atoms with Crippen LogP contribution in [-0.2, 0) is 9.53 Å². The standard InChI is InChI=1S/C25H33ClN2O4/c1-5-6-7-8-21(19-11-14-22(26)28-17-19)31-20-12-9-18(10-13-20)24(30)27-16-15-23(29)32-25(2,3)4/h9-14,17,21H,5-8,15-16H2,1-4H3,(H,27,30). The first kappa shape index (κ1) is 25.7. The van der Waals surface area contributed by atoms with E-state index in [2.05, 4.69) is 17.2 Å². The van der Waals surface area contributed by atoms with Gasteiger partial charge in [0.25, 0.3) is 5.91 Å². The molecule has 0 bridgehead atoms. The number of aromatic nitrogens is 1. The number of carbonyl (C=O) groups is 2. The van der Waals surface area contributed by atoms with E-state index in [1.165, 1.54) is 0 Å². The van der Waals surface area contributed by atoms with Crippen molar-refractivity contribution in [3.63, 3.8) is 0 Å². The summed E-state index contributed by atoms with van der Waals surface area (Å²) in [6.45, 7) is 7.81. The van der Waals surface area contributed by atoms with E-state index in [-0.39, 0.29) is 30.9 Å². The van der Waals surface area contributed by atoms with Gasteiger partial charge in [-0.05, 0) is 63.9 Å². The normalized spacial score (nSPS) is 12.2. The lowest BCUT2D eigenvalue weighted by atomic mass is 10.0. The molecule has 0 spiro atoms. The summed E-state index contributed by atoms with van der Waals surface area (Å²) >= 11 is 5.92. The maximum atomic E-state index is 12.3. The molecular weight excluding hydrogens is 428 g/mol. The fourth-order valence-electron chi connectivity index (χ4n) is 3.07. The van der Waals surface area contributed by atoms with Crippen molar-refractivity contribution in [3.8, 4) is 5.75 Å². The Balaban J connectivity index is 1.93. The monoisotopic (exact) mass is 460 g/mol. The van der Waals surface area contributed by atoms with Gasteiger partial charge in [0.15, 0.2) is 0 Å². The fraction of sp³-hybridized carbons (Fsp3) is 0.480. The van der Waals surface area contributed by atoms with Crippen LogP contribution >= 0.6 is 11.6 Å². The van der Waals surface area contributed by atoms with Crippen LogP contribution in [0, 0.1) is 0 Å². The summed E-state index contributed by atoms with van der Waals surface area (Å²) in [5, 5.41) is 3.19. The molecule has 1 aromatic carbocycles. The number of halogens is 1. The van der Waals surface area contributed by atoms with Crippen molar-refractivity contribution in [2.45, 2.75) is 71.5 Å². The van der Waals surface area contributed by atoms with Gasteiger partial charge in [0.05, 0.1) is 6.42 Å². The summed E-state index contributed by atoms with van der Waals surface area (Å²) in [6, 6.07) is 10.7. The van der Waals surface area contributed by atoms with E-state index in [0.29, 0.717) is 16.5 Å². The number of esters is 1. The van der Waals surface area contributed by atoms with Crippen LogP contribution in [0.15, 0.2) is 42.6 Å². The number of hydrogen-bond acceptors (Lipinski definition) is 5. The van der Waals surface area contributed by atoms with Gasteiger partial charge >= 0.3 is 5.97 Å². The van der Waals surface area contributed by atoms with Crippen molar-refractivity contribution in [2.24, 2.45) is 0 Å². The number of benzene rings is 1. The maximum absolute atomic E-state index is 12.3. The summed E-state index contributed by atoms with van der Waals surface area (Å²) in [6.07, 6.45) is 5.89. The molecule has 0 saturated carbocycles. The zero-order chi connectivity index (χ0) is 23.6. The molecule has 0 aliphatic carbocycles. The molecule has 0 radical (unpaired) electrons. The molecular formula is C25H33ClN2O4. The van der Waals surface area contributed by atoms with Crippen LogP contribution in [0.3, 0.4) is 0 Å². The van der Waals surface area contributed by atoms with Crippen molar-refractivity contribution in [3.05, 3.63) is 58.9 Å². The lowest BCUT2D eigenvalue weighted by Crippen LogP contribution is -2.29. The van der Waals surface area contributed by atoms with Crippen molar-refractivity contribution >= 4 is 23.5 Å². The highest BCUT2D eigenvalue weighted by atomic mass is 35.5. The number of rotatable bonds is 11. The smallest absolute Gasteiger partial charge is 0.308 e. The van der Waals surface area contributed by atoms with E-state index in [1.807, 2.05) is 26.8 Å². The molecule has 0 aliphatic rings. The van der Waals surface area contributed by atoms with Crippen LogP contribution < -0.4 is 10.1 Å². The summed E-state index contributed by atoms with van der Waals surface area (Å²) in [5.74, 6) is 0.0839. The van der Waals surface area contributed by atoms with E-state index in [9.17, 15) is 9.59 Å². The Kier molecular flexibility index (Phi) is 9.97. The van der Waals surface area contributed by atoms with E-state index in [1.54, 1.807) is 36.5 Å². The Labute approximate surface area is 195 Å². The largest absolute Gasteiger partial charge is 0.486 e. The van der Waals surface area contributed by atoms with Gasteiger partial charge in [-0.25, -0.2) is 4.98 Å². The molecule has 1 aromatic heterocycles. The number of hydrogen-bond donors (Lipinski definition) is 1. The van der Waals surface area contributed by atoms with Crippen LogP contribution in [-0.4, -0.2) is 29.0 Å². The molecule has 2 aromatic rings. The predicted molar refractivity (Wildman–Crippen MR) is 126 cm³/mol. The third-order valence-corrected chi connectivity index (χ3v) is 4.85. The average molecular weight is 461 g/mol. The van der Waals surface area contributed by atoms with Gasteiger partial charge in [-0.3, -0.25) is 9.59 Å². The van der Waals surface area contributed by atoms with Gasteiger partial charge in [-0.1, -0.05) is 37.4 Å². The SMILES string of the molecule is CCCCCC(Oc1ccc(C(=O)NCCC(=O)OC(C)(C)C)cc1)c1ccc(Cl)nc1. The predicted octanol–water partition coefficient (Wildman–Crippen LogP) is 5.90. The molecule has 174 valence electrons. The number of unbranched alkanes of at least 4 members (excludes halogenated alkanes) is 2. The van der Waals surface area contributed by atoms with E-state index >= 15 is 0 Å². The van der Waals surface area contributed by atoms with Crippen molar-refractivity contribution in [1.82, 2.24) is 10.3 Å². The first-order chi connectivity index (χ1) is 15.2. The Morgan fingerprint density at radius 3 is 2.41 bits per heavy atom. The number of carbonyl (C=O) groups excluding carboxylic acids is 2. The minimum absolute atomic E-state index is 0.124. The Bertz CT molecular complexity index is 861. The van der Waals surface area contributed by atoms with Gasteiger partial charge in [0, 0.05) is 23.9 Å². The van der Waals surface area contributed by atoms with Crippen LogP contribution in [0.25, 0.3) is 0 Å². The first-order valence-corrected chi connectivity index (χ1v) is 11.4. The summed E-state index contributed by atoms with van der Waals surface area (Å²) in [7, 11) is 0. The molecule has 0 fully saturated rings. The molecule has 0 saturated heterocycles. The third-order valence-electron chi connectivity index (χ3n) is 4.62. The van der Waals surface area contributed by atoms with Gasteiger partial charge in [0.2, 0.25) is 0 Å². The summed E-state index contributed by atoms with van der Waals surface area (Å²) in [5.41, 5.74) is 0.930. The number of nitrogens with zero attached hydrogens (tertiary/aromatic N) is 1. The van der Waals surface area contributed by atoms with E-state index < -0.39 is 5.60 Å². The highest BCUT2D eigenvalue weighted by Gasteiger charge is 2.17. The van der Waals surface area contributed by atoms with Crippen LogP contribution in [0.5, 0.6) is 5.75 Å². The molecule has 1 atom stereocenters. The molecule has 1 heterocycles. The zero-order valence-electron chi connectivity index (χ0n) is 19.3. The minimum Gasteiger partial charge on any atom is -0.486 e. The summed E-state index contributed by atoms with van der Waals surface area (Å²) < 4.78 is 11.4. The number of amides is 1. The van der Waals surface area contributed by atoms with Gasteiger partial charge in [0.1, 0.15) is 22.6 Å². The minimum atomic E-state index is -0.534. The average Bonchev–Trinajstić information content (AvgIpc) is 2.73. The number of pyridine rings is 1. The lowest BCUT2D eigenvalue weighted by molar-refractivity contribution is -0.154. The molecule has 1 N–H and O–H groups in total. The second-order valence-electron chi connectivity index (χ2n) is 8.63. The number of nitrogens with one attached hydrogen (secondary N) is 1. The second kappa shape index (κ2) is 12.4. The lowest BCUT2D eigenvalue weighted by Gasteiger charge is -2.20. The molecule has 1 unspecified atom stereocenters. The highest BCUT2D eigenvalue weighted by molar-refractivity contribution is 6.29. The van der Waals surface area contributed by atoms with Crippen LogP contribution in [0.4, 0.5) is 0 Å². The van der Waals surface area contributed by atoms with Gasteiger partial charge in [-0.2, -0.15) is 0 Å². The molecule has 6 nitrogen and oxygen atoms in total. The van der Waals surface area contributed by atoms with Gasteiger partial charge in [-0.15, -0.1) is 0 Å². The van der Waals surface area contributed by atoms with Crippen LogP contribution in [0.2, 0.25) is 5.15 Å². The fourth-order valence-corrected chi connectivity index (χ4v) is 3.18. The summed E-state index contributed by atoms with van der Waals surface area (Å²) in [4.78, 5) is 28.3.